The van der Waals surface area contributed by atoms with Gasteiger partial charge in [-0.25, -0.2) is 5.43 Å². The summed E-state index contributed by atoms with van der Waals surface area (Å²) in [6.45, 7) is 3.41. The van der Waals surface area contributed by atoms with Crippen LogP contribution < -0.4 is 15.5 Å². The number of carbonyl (C=O) groups excluding carboxylic acids is 2. The Morgan fingerprint density at radius 1 is 1.17 bits per heavy atom. The molecule has 0 heterocycles. The molecule has 7 nitrogen and oxygen atoms in total. The van der Waals surface area contributed by atoms with Crippen molar-refractivity contribution in [2.75, 3.05) is 26.9 Å². The molecule has 0 atom stereocenters. The lowest BCUT2D eigenvalue weighted by atomic mass is 10.2. The molecule has 0 aromatic heterocycles. The molecule has 2 amide bonds. The lowest BCUT2D eigenvalue weighted by molar-refractivity contribution is -0.139. The molecule has 7 heteroatoms. The van der Waals surface area contributed by atoms with Gasteiger partial charge in [-0.1, -0.05) is 13.3 Å². The first-order valence-corrected chi connectivity index (χ1v) is 7.50. The fraction of sp³-hybridized carbons (Fsp3) is 0.438. The molecule has 0 spiro atoms. The van der Waals surface area contributed by atoms with Gasteiger partial charge in [0.25, 0.3) is 0 Å². The molecular formula is C16H23N3O4. The van der Waals surface area contributed by atoms with Gasteiger partial charge in [-0.05, 0) is 36.2 Å². The molecule has 0 aliphatic heterocycles. The van der Waals surface area contributed by atoms with E-state index in [0.717, 1.165) is 24.2 Å². The highest BCUT2D eigenvalue weighted by Crippen LogP contribution is 2.11. The van der Waals surface area contributed by atoms with Crippen LogP contribution in [0.15, 0.2) is 29.4 Å². The molecule has 23 heavy (non-hydrogen) atoms. The zero-order valence-corrected chi connectivity index (χ0v) is 13.5. The number of hydrogen-bond donors (Lipinski definition) is 2. The predicted molar refractivity (Wildman–Crippen MR) is 87.5 cm³/mol. The molecule has 126 valence electrons. The van der Waals surface area contributed by atoms with Crippen LogP contribution in [0.4, 0.5) is 0 Å². The van der Waals surface area contributed by atoms with Crippen molar-refractivity contribution in [3.63, 3.8) is 0 Å². The van der Waals surface area contributed by atoms with Gasteiger partial charge in [0.15, 0.2) is 0 Å². The first-order valence-electron chi connectivity index (χ1n) is 7.50. The third-order valence-electron chi connectivity index (χ3n) is 2.82. The SMILES string of the molecule is CCCCOc1ccc(/C=N/NC(=O)C(=O)NCCOC)cc1. The fourth-order valence-corrected chi connectivity index (χ4v) is 1.55. The van der Waals surface area contributed by atoms with E-state index in [1.54, 1.807) is 0 Å². The lowest BCUT2D eigenvalue weighted by Gasteiger charge is -2.05. The summed E-state index contributed by atoms with van der Waals surface area (Å²) in [5, 5.41) is 6.14. The molecule has 0 aliphatic rings. The smallest absolute Gasteiger partial charge is 0.329 e. The lowest BCUT2D eigenvalue weighted by Crippen LogP contribution is -2.39. The first kappa shape index (κ1) is 18.6. The maximum Gasteiger partial charge on any atom is 0.329 e. The van der Waals surface area contributed by atoms with Crippen LogP contribution in [0.1, 0.15) is 25.3 Å². The number of rotatable bonds is 9. The highest BCUT2D eigenvalue weighted by Gasteiger charge is 2.10. The Bertz CT molecular complexity index is 515. The molecule has 0 unspecified atom stereocenters. The van der Waals surface area contributed by atoms with E-state index in [0.29, 0.717) is 13.2 Å². The molecule has 1 aromatic rings. The van der Waals surface area contributed by atoms with Gasteiger partial charge < -0.3 is 14.8 Å². The van der Waals surface area contributed by atoms with Crippen molar-refractivity contribution >= 4 is 18.0 Å². The van der Waals surface area contributed by atoms with Crippen LogP contribution in [0.25, 0.3) is 0 Å². The summed E-state index contributed by atoms with van der Waals surface area (Å²) in [7, 11) is 1.51. The van der Waals surface area contributed by atoms with Gasteiger partial charge in [0.05, 0.1) is 19.4 Å². The number of ether oxygens (including phenoxy) is 2. The molecule has 0 saturated carbocycles. The summed E-state index contributed by atoms with van der Waals surface area (Å²) in [6.07, 6.45) is 3.56. The minimum atomic E-state index is -0.822. The largest absolute Gasteiger partial charge is 0.494 e. The van der Waals surface area contributed by atoms with Gasteiger partial charge in [0, 0.05) is 13.7 Å². The summed E-state index contributed by atoms with van der Waals surface area (Å²) in [4.78, 5) is 22.8. The van der Waals surface area contributed by atoms with Crippen LogP contribution in [-0.4, -0.2) is 44.9 Å². The monoisotopic (exact) mass is 321 g/mol. The minimum Gasteiger partial charge on any atom is -0.494 e. The van der Waals surface area contributed by atoms with E-state index < -0.39 is 11.8 Å². The van der Waals surface area contributed by atoms with Crippen LogP contribution in [0.5, 0.6) is 5.75 Å². The van der Waals surface area contributed by atoms with Gasteiger partial charge in [-0.3, -0.25) is 9.59 Å². The topological polar surface area (TPSA) is 89.0 Å². The predicted octanol–water partition coefficient (Wildman–Crippen LogP) is 1.08. The zero-order valence-electron chi connectivity index (χ0n) is 13.5. The number of nitrogens with zero attached hydrogens (tertiary/aromatic N) is 1. The highest BCUT2D eigenvalue weighted by atomic mass is 16.5. The van der Waals surface area contributed by atoms with E-state index in [-0.39, 0.29) is 6.54 Å². The Hall–Kier alpha value is -2.41. The Balaban J connectivity index is 2.36. The third-order valence-corrected chi connectivity index (χ3v) is 2.82. The number of benzene rings is 1. The average molecular weight is 321 g/mol. The first-order chi connectivity index (χ1) is 11.2. The Kier molecular flexibility index (Phi) is 9.07. The standard InChI is InChI=1S/C16H23N3O4/c1-3-4-10-23-14-7-5-13(6-8-14)12-18-19-16(21)15(20)17-9-11-22-2/h5-8,12H,3-4,9-11H2,1-2H3,(H,17,20)(H,19,21)/b18-12+. The van der Waals surface area contributed by atoms with Gasteiger partial charge in [-0.2, -0.15) is 5.10 Å². The van der Waals surface area contributed by atoms with Gasteiger partial charge >= 0.3 is 11.8 Å². The molecule has 1 aromatic carbocycles. The normalized spacial score (nSPS) is 10.5. The summed E-state index contributed by atoms with van der Waals surface area (Å²) >= 11 is 0. The van der Waals surface area contributed by atoms with E-state index in [1.807, 2.05) is 24.3 Å². The quantitative estimate of drug-likeness (QED) is 0.308. The van der Waals surface area contributed by atoms with Crippen molar-refractivity contribution in [3.8, 4) is 5.75 Å². The number of hydrazone groups is 1. The van der Waals surface area contributed by atoms with Crippen molar-refractivity contribution in [1.82, 2.24) is 10.7 Å². The average Bonchev–Trinajstić information content (AvgIpc) is 2.56. The number of unbranched alkanes of at least 4 members (excludes halogenated alkanes) is 1. The fourth-order valence-electron chi connectivity index (χ4n) is 1.55. The van der Waals surface area contributed by atoms with Gasteiger partial charge in [-0.15, -0.1) is 0 Å². The van der Waals surface area contributed by atoms with Gasteiger partial charge in [0.1, 0.15) is 5.75 Å². The maximum absolute atomic E-state index is 11.4. The van der Waals surface area contributed by atoms with Crippen LogP contribution in [0.3, 0.4) is 0 Å². The number of hydrogen-bond acceptors (Lipinski definition) is 5. The van der Waals surface area contributed by atoms with E-state index in [2.05, 4.69) is 22.8 Å². The molecule has 0 bridgehead atoms. The third kappa shape index (κ3) is 7.96. The van der Waals surface area contributed by atoms with E-state index in [4.69, 9.17) is 9.47 Å². The molecule has 0 fully saturated rings. The molecule has 0 aliphatic carbocycles. The summed E-state index contributed by atoms with van der Waals surface area (Å²) in [5.74, 6) is -0.784. The van der Waals surface area contributed by atoms with Crippen molar-refractivity contribution in [3.05, 3.63) is 29.8 Å². The number of methoxy groups -OCH3 is 1. The van der Waals surface area contributed by atoms with Crippen molar-refractivity contribution in [1.29, 1.82) is 0 Å². The molecule has 0 saturated heterocycles. The van der Waals surface area contributed by atoms with Crippen LogP contribution in [0, 0.1) is 0 Å². The van der Waals surface area contributed by atoms with Crippen LogP contribution in [0.2, 0.25) is 0 Å². The van der Waals surface area contributed by atoms with Crippen molar-refractivity contribution in [2.24, 2.45) is 5.10 Å². The molecular weight excluding hydrogens is 298 g/mol. The van der Waals surface area contributed by atoms with Crippen molar-refractivity contribution < 1.29 is 19.1 Å². The second-order valence-electron chi connectivity index (χ2n) is 4.72. The van der Waals surface area contributed by atoms with Crippen LogP contribution in [-0.2, 0) is 14.3 Å². The van der Waals surface area contributed by atoms with E-state index >= 15 is 0 Å². The van der Waals surface area contributed by atoms with E-state index in [9.17, 15) is 9.59 Å². The highest BCUT2D eigenvalue weighted by molar-refractivity contribution is 6.35. The van der Waals surface area contributed by atoms with E-state index in [1.165, 1.54) is 13.3 Å². The summed E-state index contributed by atoms with van der Waals surface area (Å²) in [5.41, 5.74) is 2.95. The second-order valence-corrected chi connectivity index (χ2v) is 4.72. The Morgan fingerprint density at radius 2 is 1.91 bits per heavy atom. The van der Waals surface area contributed by atoms with Crippen LogP contribution >= 0.6 is 0 Å². The van der Waals surface area contributed by atoms with Crippen molar-refractivity contribution in [2.45, 2.75) is 19.8 Å². The summed E-state index contributed by atoms with van der Waals surface area (Å²) in [6, 6.07) is 7.29. The minimum absolute atomic E-state index is 0.270. The number of nitrogens with one attached hydrogen (secondary N) is 2. The molecule has 2 N–H and O–H groups in total. The number of amides is 2. The van der Waals surface area contributed by atoms with Gasteiger partial charge in [0.2, 0.25) is 0 Å². The Morgan fingerprint density at radius 3 is 2.57 bits per heavy atom. The zero-order chi connectivity index (χ0) is 16.9. The molecule has 1 rings (SSSR count). The number of carbonyl (C=O) groups is 2. The molecule has 0 radical (unpaired) electrons. The summed E-state index contributed by atoms with van der Waals surface area (Å²) < 4.78 is 10.3. The second kappa shape index (κ2) is 11.2. The Labute approximate surface area is 136 Å². The maximum atomic E-state index is 11.4.